The molecule has 7 nitrogen and oxygen atoms in total. The number of hydrogen-bond donors (Lipinski definition) is 2. The topological polar surface area (TPSA) is 97.4 Å². The Kier molecular flexibility index (Phi) is 5.81. The molecule has 1 amide bonds. The summed E-state index contributed by atoms with van der Waals surface area (Å²) < 4.78 is 32.9. The van der Waals surface area contributed by atoms with Gasteiger partial charge in [-0.05, 0) is 36.4 Å². The predicted octanol–water partition coefficient (Wildman–Crippen LogP) is 3.80. The van der Waals surface area contributed by atoms with Crippen molar-refractivity contribution in [1.29, 1.82) is 0 Å². The molecule has 0 atom stereocenters. The molecule has 0 aliphatic carbocycles. The van der Waals surface area contributed by atoms with Crippen molar-refractivity contribution < 1.29 is 17.9 Å². The molecule has 0 bridgehead atoms. The molecule has 0 spiro atoms. The maximum absolute atomic E-state index is 12.7. The first-order chi connectivity index (χ1) is 13.4. The van der Waals surface area contributed by atoms with E-state index in [1.54, 1.807) is 24.3 Å². The Hall–Kier alpha value is -3.10. The van der Waals surface area contributed by atoms with Crippen LogP contribution >= 0.6 is 11.6 Å². The number of rotatable bonds is 6. The van der Waals surface area contributed by atoms with E-state index in [4.69, 9.17) is 16.3 Å². The number of hydrogen-bond acceptors (Lipinski definition) is 5. The summed E-state index contributed by atoms with van der Waals surface area (Å²) >= 11 is 5.91. The highest BCUT2D eigenvalue weighted by molar-refractivity contribution is 7.92. The Morgan fingerprint density at radius 2 is 1.79 bits per heavy atom. The van der Waals surface area contributed by atoms with Crippen molar-refractivity contribution >= 4 is 38.9 Å². The van der Waals surface area contributed by atoms with Gasteiger partial charge in [-0.25, -0.2) is 8.42 Å². The van der Waals surface area contributed by atoms with Gasteiger partial charge < -0.3 is 10.1 Å². The second kappa shape index (κ2) is 8.28. The van der Waals surface area contributed by atoms with Gasteiger partial charge in [0, 0.05) is 16.9 Å². The van der Waals surface area contributed by atoms with Crippen LogP contribution in [-0.4, -0.2) is 26.4 Å². The minimum atomic E-state index is -4.01. The van der Waals surface area contributed by atoms with Gasteiger partial charge in [-0.2, -0.15) is 0 Å². The smallest absolute Gasteiger partial charge is 0.265 e. The standard InChI is InChI=1S/C19H16ClN3O4S/c1-27-17-8-7-14(20)10-18(17)28(25,26)23-16-9-13(11-21-12-16)19(24)22-15-5-3-2-4-6-15/h2-12,23H,1H3,(H,22,24). The lowest BCUT2D eigenvalue weighted by Crippen LogP contribution is -2.16. The predicted molar refractivity (Wildman–Crippen MR) is 107 cm³/mol. The number of methoxy groups -OCH3 is 1. The first-order valence-corrected chi connectivity index (χ1v) is 9.93. The number of nitrogens with zero attached hydrogens (tertiary/aromatic N) is 1. The fraction of sp³-hybridized carbons (Fsp3) is 0.0526. The molecular weight excluding hydrogens is 402 g/mol. The molecule has 0 fully saturated rings. The number of sulfonamides is 1. The van der Waals surface area contributed by atoms with Crippen LogP contribution in [0.5, 0.6) is 5.75 Å². The number of aromatic nitrogens is 1. The molecule has 0 saturated carbocycles. The fourth-order valence-electron chi connectivity index (χ4n) is 2.42. The number of amides is 1. The number of ether oxygens (including phenoxy) is 1. The zero-order chi connectivity index (χ0) is 20.1. The number of benzene rings is 2. The third-order valence-corrected chi connectivity index (χ3v) is 5.34. The summed E-state index contributed by atoms with van der Waals surface area (Å²) in [5, 5.41) is 2.96. The summed E-state index contributed by atoms with van der Waals surface area (Å²) in [7, 11) is -2.65. The van der Waals surface area contributed by atoms with Crippen molar-refractivity contribution in [2.75, 3.05) is 17.1 Å². The molecule has 3 rings (SSSR count). The van der Waals surface area contributed by atoms with E-state index < -0.39 is 15.9 Å². The second-order valence-electron chi connectivity index (χ2n) is 5.68. The van der Waals surface area contributed by atoms with Crippen LogP contribution in [-0.2, 0) is 10.0 Å². The molecule has 28 heavy (non-hydrogen) atoms. The highest BCUT2D eigenvalue weighted by Gasteiger charge is 2.21. The SMILES string of the molecule is COc1ccc(Cl)cc1S(=O)(=O)Nc1cncc(C(=O)Nc2ccccc2)c1. The highest BCUT2D eigenvalue weighted by Crippen LogP contribution is 2.28. The average Bonchev–Trinajstić information content (AvgIpc) is 2.68. The number of carbonyl (C=O) groups excluding carboxylic acids is 1. The van der Waals surface area contributed by atoms with Crippen LogP contribution < -0.4 is 14.8 Å². The van der Waals surface area contributed by atoms with E-state index in [-0.39, 0.29) is 26.9 Å². The first kappa shape index (κ1) is 19.7. The average molecular weight is 418 g/mol. The molecule has 0 aliphatic heterocycles. The molecule has 2 aromatic carbocycles. The normalized spacial score (nSPS) is 10.9. The highest BCUT2D eigenvalue weighted by atomic mass is 35.5. The van der Waals surface area contributed by atoms with Gasteiger partial charge in [0.15, 0.2) is 0 Å². The summed E-state index contributed by atoms with van der Waals surface area (Å²) in [6.07, 6.45) is 2.64. The van der Waals surface area contributed by atoms with Gasteiger partial charge in [0.2, 0.25) is 0 Å². The fourth-order valence-corrected chi connectivity index (χ4v) is 3.88. The molecule has 2 N–H and O–H groups in total. The third-order valence-electron chi connectivity index (χ3n) is 3.70. The Morgan fingerprint density at radius 1 is 1.04 bits per heavy atom. The number of halogens is 1. The molecule has 1 heterocycles. The van der Waals surface area contributed by atoms with Gasteiger partial charge in [0.05, 0.1) is 24.6 Å². The first-order valence-electron chi connectivity index (χ1n) is 8.07. The number of nitrogens with one attached hydrogen (secondary N) is 2. The Bertz CT molecular complexity index is 1110. The quantitative estimate of drug-likeness (QED) is 0.635. The number of anilines is 2. The molecule has 1 aromatic heterocycles. The second-order valence-corrected chi connectivity index (χ2v) is 7.77. The van der Waals surface area contributed by atoms with Crippen molar-refractivity contribution in [3.8, 4) is 5.75 Å². The van der Waals surface area contributed by atoms with Crippen LogP contribution in [0, 0.1) is 0 Å². The Morgan fingerprint density at radius 3 is 2.50 bits per heavy atom. The molecule has 0 radical (unpaired) electrons. The van der Waals surface area contributed by atoms with Gasteiger partial charge in [-0.1, -0.05) is 29.8 Å². The van der Waals surface area contributed by atoms with Gasteiger partial charge in [-0.3, -0.25) is 14.5 Å². The minimum Gasteiger partial charge on any atom is -0.495 e. The van der Waals surface area contributed by atoms with E-state index in [0.29, 0.717) is 5.69 Å². The van der Waals surface area contributed by atoms with Crippen molar-refractivity contribution in [2.45, 2.75) is 4.90 Å². The summed E-state index contributed by atoms with van der Waals surface area (Å²) in [5.41, 5.74) is 0.937. The maximum atomic E-state index is 12.7. The largest absolute Gasteiger partial charge is 0.495 e. The zero-order valence-corrected chi connectivity index (χ0v) is 16.3. The maximum Gasteiger partial charge on any atom is 0.265 e. The molecule has 9 heteroatoms. The van der Waals surface area contributed by atoms with Crippen molar-refractivity contribution in [2.24, 2.45) is 0 Å². The van der Waals surface area contributed by atoms with Crippen LogP contribution in [0.15, 0.2) is 71.9 Å². The monoisotopic (exact) mass is 417 g/mol. The Balaban J connectivity index is 1.84. The molecule has 0 saturated heterocycles. The molecule has 0 unspecified atom stereocenters. The van der Waals surface area contributed by atoms with Crippen LogP contribution in [0.3, 0.4) is 0 Å². The van der Waals surface area contributed by atoms with E-state index in [2.05, 4.69) is 15.0 Å². The van der Waals surface area contributed by atoms with E-state index in [1.165, 1.54) is 43.8 Å². The summed E-state index contributed by atoms with van der Waals surface area (Å²) in [6.45, 7) is 0. The van der Waals surface area contributed by atoms with Crippen LogP contribution in [0.1, 0.15) is 10.4 Å². The lowest BCUT2D eigenvalue weighted by molar-refractivity contribution is 0.102. The number of carbonyl (C=O) groups is 1. The summed E-state index contributed by atoms with van der Waals surface area (Å²) in [4.78, 5) is 16.2. The summed E-state index contributed by atoms with van der Waals surface area (Å²) in [6, 6.07) is 14.5. The molecular formula is C19H16ClN3O4S. The van der Waals surface area contributed by atoms with Gasteiger partial charge in [0.1, 0.15) is 10.6 Å². The summed E-state index contributed by atoms with van der Waals surface area (Å²) in [5.74, 6) is -0.275. The van der Waals surface area contributed by atoms with Crippen LogP contribution in [0.25, 0.3) is 0 Å². The number of para-hydroxylation sites is 1. The van der Waals surface area contributed by atoms with E-state index >= 15 is 0 Å². The lowest BCUT2D eigenvalue weighted by atomic mass is 10.2. The van der Waals surface area contributed by atoms with Gasteiger partial charge >= 0.3 is 0 Å². The van der Waals surface area contributed by atoms with Gasteiger partial charge in [-0.15, -0.1) is 0 Å². The van der Waals surface area contributed by atoms with Gasteiger partial charge in [0.25, 0.3) is 15.9 Å². The number of pyridine rings is 1. The van der Waals surface area contributed by atoms with E-state index in [0.717, 1.165) is 0 Å². The lowest BCUT2D eigenvalue weighted by Gasteiger charge is -2.12. The molecule has 0 aliphatic rings. The minimum absolute atomic E-state index is 0.123. The van der Waals surface area contributed by atoms with Crippen LogP contribution in [0.4, 0.5) is 11.4 Å². The zero-order valence-electron chi connectivity index (χ0n) is 14.7. The molecule has 3 aromatic rings. The van der Waals surface area contributed by atoms with Crippen molar-refractivity contribution in [1.82, 2.24) is 4.98 Å². The van der Waals surface area contributed by atoms with E-state index in [1.807, 2.05) is 6.07 Å². The van der Waals surface area contributed by atoms with E-state index in [9.17, 15) is 13.2 Å². The molecule has 144 valence electrons. The van der Waals surface area contributed by atoms with Crippen molar-refractivity contribution in [3.05, 3.63) is 77.6 Å². The van der Waals surface area contributed by atoms with Crippen molar-refractivity contribution in [3.63, 3.8) is 0 Å². The Labute approximate surface area is 167 Å². The third kappa shape index (κ3) is 4.59. The van der Waals surface area contributed by atoms with Crippen LogP contribution in [0.2, 0.25) is 5.02 Å².